The molecular weight excluding hydrogens is 582 g/mol. The van der Waals surface area contributed by atoms with E-state index in [0.29, 0.717) is 45.3 Å². The molecule has 2 heterocycles. The summed E-state index contributed by atoms with van der Waals surface area (Å²) < 4.78 is 39.6. The van der Waals surface area contributed by atoms with Gasteiger partial charge < -0.3 is 9.84 Å². The van der Waals surface area contributed by atoms with Gasteiger partial charge in [0.15, 0.2) is 0 Å². The molecule has 6 heteroatoms. The summed E-state index contributed by atoms with van der Waals surface area (Å²) in [5.41, 5.74) is 4.53. The number of aliphatic hydroxyl groups excluding tert-OH is 1. The smallest absolute Gasteiger partial charge is 0.361 e. The molecule has 4 aromatic carbocycles. The summed E-state index contributed by atoms with van der Waals surface area (Å²) in [5, 5.41) is 11.1. The molecule has 0 fully saturated rings. The lowest BCUT2D eigenvalue weighted by Crippen LogP contribution is -2.21. The quantitative estimate of drug-likeness (QED) is 0.154. The van der Waals surface area contributed by atoms with Crippen LogP contribution in [0.1, 0.15) is 16.7 Å². The number of Topliss-reactive ketones (excluding diaryl/α,β-unsaturated/α-hetero) is 1. The number of rotatable bonds is 6. The predicted molar refractivity (Wildman–Crippen MR) is 175 cm³/mol. The number of ether oxygens (including phenoxy) is 1. The summed E-state index contributed by atoms with van der Waals surface area (Å²) in [6.07, 6.45) is 6.76. The van der Waals surface area contributed by atoms with Crippen molar-refractivity contribution in [1.29, 1.82) is 0 Å². The molecule has 46 heavy (non-hydrogen) atoms. The Labute approximate surface area is 263 Å². The van der Waals surface area contributed by atoms with Crippen molar-refractivity contribution in [3.63, 3.8) is 0 Å². The summed E-state index contributed by atoms with van der Waals surface area (Å²) >= 11 is 0. The minimum Gasteiger partial charge on any atom is -0.506 e. The lowest BCUT2D eigenvalue weighted by Gasteiger charge is -2.22. The van der Waals surface area contributed by atoms with Crippen molar-refractivity contribution in [2.75, 3.05) is 0 Å². The van der Waals surface area contributed by atoms with Gasteiger partial charge in [-0.3, -0.25) is 4.79 Å². The van der Waals surface area contributed by atoms with E-state index in [1.54, 1.807) is 60.7 Å². The summed E-state index contributed by atoms with van der Waals surface area (Å²) in [7, 11) is 0. The minimum absolute atomic E-state index is 0.138. The van der Waals surface area contributed by atoms with Gasteiger partial charge in [-0.1, -0.05) is 48.5 Å². The van der Waals surface area contributed by atoms with E-state index in [-0.39, 0.29) is 34.3 Å². The maximum absolute atomic E-state index is 13.6. The normalized spacial score (nSPS) is 16.2. The third kappa shape index (κ3) is 5.84. The van der Waals surface area contributed by atoms with E-state index in [2.05, 4.69) is 0 Å². The Bertz CT molecular complexity index is 2120. The van der Waals surface area contributed by atoms with Crippen molar-refractivity contribution in [2.24, 2.45) is 0 Å². The summed E-state index contributed by atoms with van der Waals surface area (Å²) in [5.74, 6) is 0.857. The Kier molecular flexibility index (Phi) is 7.53. The van der Waals surface area contributed by atoms with Crippen LogP contribution in [0, 0.1) is 11.6 Å². The molecule has 0 saturated heterocycles. The molecule has 1 aromatic heterocycles. The SMILES string of the molecule is O=C1C(=Cc2cc(-c3ccccc3)[o+]c(-c3ccc(F)cc3)c2)C(O)=C1C=C1C=C(c2ccccc2)OC(c2ccc(F)cc2)=C1. The maximum atomic E-state index is 13.6. The zero-order valence-corrected chi connectivity index (χ0v) is 24.3. The van der Waals surface area contributed by atoms with Crippen LogP contribution in [0.25, 0.3) is 40.2 Å². The molecule has 1 aliphatic carbocycles. The van der Waals surface area contributed by atoms with Gasteiger partial charge in [-0.2, -0.15) is 0 Å². The second kappa shape index (κ2) is 12.1. The van der Waals surface area contributed by atoms with Crippen LogP contribution >= 0.6 is 0 Å². The third-order valence-electron chi connectivity index (χ3n) is 7.63. The molecule has 0 spiro atoms. The molecule has 0 radical (unpaired) electrons. The zero-order valence-electron chi connectivity index (χ0n) is 24.3. The van der Waals surface area contributed by atoms with Gasteiger partial charge in [0.2, 0.25) is 5.78 Å². The number of benzene rings is 4. The molecule has 0 unspecified atom stereocenters. The van der Waals surface area contributed by atoms with E-state index in [1.165, 1.54) is 24.3 Å². The first kappa shape index (κ1) is 28.6. The number of aliphatic hydroxyl groups is 1. The van der Waals surface area contributed by atoms with Crippen molar-refractivity contribution >= 4 is 23.4 Å². The fourth-order valence-electron chi connectivity index (χ4n) is 5.26. The van der Waals surface area contributed by atoms with Gasteiger partial charge in [0.1, 0.15) is 28.9 Å². The van der Waals surface area contributed by atoms with Gasteiger partial charge in [-0.05, 0) is 96.1 Å². The molecule has 5 aromatic rings. The van der Waals surface area contributed by atoms with Crippen molar-refractivity contribution in [3.05, 3.63) is 190 Å². The largest absolute Gasteiger partial charge is 0.506 e. The highest BCUT2D eigenvalue weighted by Crippen LogP contribution is 2.37. The van der Waals surface area contributed by atoms with Crippen molar-refractivity contribution in [2.45, 2.75) is 0 Å². The minimum atomic E-state index is -0.364. The zero-order chi connectivity index (χ0) is 31.6. The van der Waals surface area contributed by atoms with Crippen LogP contribution in [0.3, 0.4) is 0 Å². The predicted octanol–water partition coefficient (Wildman–Crippen LogP) is 9.99. The Balaban J connectivity index is 1.28. The molecule has 1 aliphatic heterocycles. The number of hydrogen-bond acceptors (Lipinski definition) is 3. The lowest BCUT2D eigenvalue weighted by atomic mass is 9.85. The average molecular weight is 608 g/mol. The van der Waals surface area contributed by atoms with Crippen LogP contribution in [-0.2, 0) is 9.53 Å². The summed E-state index contributed by atoms with van der Waals surface area (Å²) in [6, 6.07) is 34.4. The van der Waals surface area contributed by atoms with E-state index >= 15 is 0 Å². The van der Waals surface area contributed by atoms with Gasteiger partial charge in [-0.15, -0.1) is 0 Å². The van der Waals surface area contributed by atoms with E-state index < -0.39 is 0 Å². The first-order valence-corrected chi connectivity index (χ1v) is 14.6. The fraction of sp³-hybridized carbons (Fsp3) is 0. The molecule has 2 aliphatic rings. The van der Waals surface area contributed by atoms with Gasteiger partial charge in [0.05, 0.1) is 34.4 Å². The highest BCUT2D eigenvalue weighted by atomic mass is 19.1. The van der Waals surface area contributed by atoms with E-state index in [0.717, 1.165) is 11.1 Å². The second-order valence-electron chi connectivity index (χ2n) is 10.8. The summed E-state index contributed by atoms with van der Waals surface area (Å²) in [4.78, 5) is 13.4. The highest BCUT2D eigenvalue weighted by molar-refractivity contribution is 6.23. The van der Waals surface area contributed by atoms with Crippen LogP contribution in [0.15, 0.2) is 166 Å². The number of hydrogen-bond donors (Lipinski definition) is 1. The van der Waals surface area contributed by atoms with E-state index in [1.807, 2.05) is 60.7 Å². The highest BCUT2D eigenvalue weighted by Gasteiger charge is 2.33. The Morgan fingerprint density at radius 3 is 1.63 bits per heavy atom. The molecule has 0 saturated carbocycles. The molecule has 0 amide bonds. The van der Waals surface area contributed by atoms with Crippen LogP contribution in [-0.4, -0.2) is 10.9 Å². The fourth-order valence-corrected chi connectivity index (χ4v) is 5.26. The number of allylic oxidation sites excluding steroid dienone is 6. The first-order chi connectivity index (χ1) is 22.4. The van der Waals surface area contributed by atoms with E-state index in [9.17, 15) is 18.7 Å². The monoisotopic (exact) mass is 607 g/mol. The topological polar surface area (TPSA) is 57.8 Å². The molecule has 0 bridgehead atoms. The van der Waals surface area contributed by atoms with Crippen molar-refractivity contribution in [1.82, 2.24) is 0 Å². The number of halogens is 2. The Hall–Kier alpha value is -6.14. The first-order valence-electron chi connectivity index (χ1n) is 14.6. The standard InChI is InChI=1S/C40H24F2O4/c41-31-15-11-29(12-16-31)37-23-25(21-35(45-37)27-7-3-1-4-8-27)19-33-39(43)34(40(33)44)20-26-22-36(28-9-5-2-6-10-28)46-38(24-26)30-13-17-32(42)18-14-30/h1-24H/p+1. The lowest BCUT2D eigenvalue weighted by molar-refractivity contribution is -0.113. The second-order valence-corrected chi connectivity index (χ2v) is 10.8. The van der Waals surface area contributed by atoms with Crippen molar-refractivity contribution in [3.8, 4) is 22.6 Å². The van der Waals surface area contributed by atoms with Crippen LogP contribution in [0.5, 0.6) is 0 Å². The molecule has 222 valence electrons. The Morgan fingerprint density at radius 2 is 1.09 bits per heavy atom. The third-order valence-corrected chi connectivity index (χ3v) is 7.63. The Morgan fingerprint density at radius 1 is 0.609 bits per heavy atom. The van der Waals surface area contributed by atoms with Gasteiger partial charge >= 0.3 is 11.5 Å². The van der Waals surface area contributed by atoms with Gasteiger partial charge in [-0.25, -0.2) is 13.2 Å². The molecular formula is C40H25F2O4+. The average Bonchev–Trinajstić information content (AvgIpc) is 3.10. The van der Waals surface area contributed by atoms with Gasteiger partial charge in [0, 0.05) is 11.1 Å². The van der Waals surface area contributed by atoms with Crippen LogP contribution < -0.4 is 0 Å². The molecule has 7 rings (SSSR count). The molecule has 1 N–H and O–H groups in total. The van der Waals surface area contributed by atoms with Gasteiger partial charge in [0.25, 0.3) is 0 Å². The number of carbonyl (C=O) groups excluding carboxylic acids is 1. The van der Waals surface area contributed by atoms with E-state index in [4.69, 9.17) is 9.15 Å². The van der Waals surface area contributed by atoms with Crippen LogP contribution in [0.2, 0.25) is 0 Å². The van der Waals surface area contributed by atoms with Crippen molar-refractivity contribution < 1.29 is 27.8 Å². The number of carbonyl (C=O) groups is 1. The van der Waals surface area contributed by atoms with Crippen LogP contribution in [0.4, 0.5) is 8.78 Å². The molecule has 0 atom stereocenters. The molecule has 4 nitrogen and oxygen atoms in total. The summed E-state index contributed by atoms with van der Waals surface area (Å²) in [6.45, 7) is 0. The number of ketones is 1. The maximum Gasteiger partial charge on any atom is 0.361 e.